The zero-order valence-electron chi connectivity index (χ0n) is 13.9. The molecule has 23 heavy (non-hydrogen) atoms. The second kappa shape index (κ2) is 7.95. The number of benzene rings is 1. The molecule has 1 aliphatic heterocycles. The maximum atomic E-state index is 4.73. The van der Waals surface area contributed by atoms with E-state index in [1.54, 1.807) is 0 Å². The van der Waals surface area contributed by atoms with Crippen LogP contribution in [0.3, 0.4) is 0 Å². The number of nitrogens with one attached hydrogen (secondary N) is 1. The molecule has 4 heteroatoms. The van der Waals surface area contributed by atoms with E-state index in [0.717, 1.165) is 31.3 Å². The second-order valence-corrected chi connectivity index (χ2v) is 6.15. The Morgan fingerprint density at radius 1 is 1.17 bits per heavy atom. The van der Waals surface area contributed by atoms with E-state index >= 15 is 0 Å². The molecule has 0 amide bonds. The third kappa shape index (κ3) is 4.21. The normalized spacial score (nSPS) is 18.0. The van der Waals surface area contributed by atoms with E-state index in [1.807, 2.05) is 18.3 Å². The van der Waals surface area contributed by atoms with E-state index in [2.05, 4.69) is 46.4 Å². The first-order chi connectivity index (χ1) is 11.4. The lowest BCUT2D eigenvalue weighted by Gasteiger charge is -2.36. The van der Waals surface area contributed by atoms with Gasteiger partial charge in [0.25, 0.3) is 0 Å². The van der Waals surface area contributed by atoms with E-state index in [9.17, 15) is 0 Å². The molecule has 1 fully saturated rings. The average Bonchev–Trinajstić information content (AvgIpc) is 2.63. The van der Waals surface area contributed by atoms with E-state index < -0.39 is 0 Å². The number of rotatable bonds is 6. The Kier molecular flexibility index (Phi) is 5.46. The van der Waals surface area contributed by atoms with Crippen LogP contribution in [0.5, 0.6) is 0 Å². The second-order valence-electron chi connectivity index (χ2n) is 6.15. The standard InChI is InChI=1S/C19H26N4/c1-2-17-10-6-7-15-23(17)18-12-14-21-19(22-18)20-13-11-16-8-4-3-5-9-16/h3-5,8-9,12,14,17H,2,6-7,10-11,13,15H2,1H3,(H,20,21,22). The van der Waals surface area contributed by atoms with Gasteiger partial charge in [-0.05, 0) is 43.7 Å². The average molecular weight is 310 g/mol. The summed E-state index contributed by atoms with van der Waals surface area (Å²) in [6, 6.07) is 13.2. The molecule has 2 heterocycles. The highest BCUT2D eigenvalue weighted by atomic mass is 15.2. The van der Waals surface area contributed by atoms with Crippen LogP contribution >= 0.6 is 0 Å². The first kappa shape index (κ1) is 15.8. The van der Waals surface area contributed by atoms with Gasteiger partial charge in [0, 0.05) is 25.3 Å². The number of hydrogen-bond acceptors (Lipinski definition) is 4. The SMILES string of the molecule is CCC1CCCCN1c1ccnc(NCCc2ccccc2)n1. The molecule has 0 radical (unpaired) electrons. The van der Waals surface area contributed by atoms with Crippen molar-refractivity contribution in [2.75, 3.05) is 23.3 Å². The van der Waals surface area contributed by atoms with Gasteiger partial charge in [-0.25, -0.2) is 4.98 Å². The predicted octanol–water partition coefficient (Wildman–Crippen LogP) is 3.90. The van der Waals surface area contributed by atoms with Crippen LogP contribution in [0.25, 0.3) is 0 Å². The smallest absolute Gasteiger partial charge is 0.224 e. The maximum absolute atomic E-state index is 4.73. The summed E-state index contributed by atoms with van der Waals surface area (Å²) in [5, 5.41) is 3.36. The minimum atomic E-state index is 0.621. The van der Waals surface area contributed by atoms with Gasteiger partial charge >= 0.3 is 0 Å². The van der Waals surface area contributed by atoms with Crippen LogP contribution in [0.4, 0.5) is 11.8 Å². The number of nitrogens with zero attached hydrogens (tertiary/aromatic N) is 3. The van der Waals surface area contributed by atoms with E-state index in [4.69, 9.17) is 4.98 Å². The first-order valence-electron chi connectivity index (χ1n) is 8.74. The Bertz CT molecular complexity index is 599. The molecular formula is C19H26N4. The van der Waals surface area contributed by atoms with Gasteiger partial charge in [-0.1, -0.05) is 37.3 Å². The van der Waals surface area contributed by atoms with Gasteiger partial charge in [0.15, 0.2) is 0 Å². The van der Waals surface area contributed by atoms with Crippen molar-refractivity contribution in [3.63, 3.8) is 0 Å². The molecule has 1 atom stereocenters. The highest BCUT2D eigenvalue weighted by Crippen LogP contribution is 2.25. The molecule has 2 aromatic rings. The lowest BCUT2D eigenvalue weighted by molar-refractivity contribution is 0.447. The lowest BCUT2D eigenvalue weighted by Crippen LogP contribution is -2.39. The summed E-state index contributed by atoms with van der Waals surface area (Å²) >= 11 is 0. The zero-order chi connectivity index (χ0) is 15.9. The topological polar surface area (TPSA) is 41.1 Å². The summed E-state index contributed by atoms with van der Waals surface area (Å²) in [7, 11) is 0. The third-order valence-corrected chi connectivity index (χ3v) is 4.57. The molecule has 3 rings (SSSR count). The summed E-state index contributed by atoms with van der Waals surface area (Å²) in [6.45, 7) is 4.23. The van der Waals surface area contributed by atoms with Crippen LogP contribution in [0.1, 0.15) is 38.2 Å². The van der Waals surface area contributed by atoms with Crippen LogP contribution in [-0.4, -0.2) is 29.1 Å². The van der Waals surface area contributed by atoms with Crippen LogP contribution < -0.4 is 10.2 Å². The zero-order valence-corrected chi connectivity index (χ0v) is 13.9. The van der Waals surface area contributed by atoms with Gasteiger partial charge in [0.1, 0.15) is 5.82 Å². The third-order valence-electron chi connectivity index (χ3n) is 4.57. The number of anilines is 2. The fourth-order valence-electron chi connectivity index (χ4n) is 3.28. The quantitative estimate of drug-likeness (QED) is 0.878. The maximum Gasteiger partial charge on any atom is 0.224 e. The fourth-order valence-corrected chi connectivity index (χ4v) is 3.28. The largest absolute Gasteiger partial charge is 0.354 e. The van der Waals surface area contributed by atoms with Gasteiger partial charge < -0.3 is 10.2 Å². The number of hydrogen-bond donors (Lipinski definition) is 1. The minimum absolute atomic E-state index is 0.621. The van der Waals surface area contributed by atoms with Gasteiger partial charge in [0.2, 0.25) is 5.95 Å². The van der Waals surface area contributed by atoms with Crippen molar-refractivity contribution in [3.8, 4) is 0 Å². The molecule has 0 aliphatic carbocycles. The summed E-state index contributed by atoms with van der Waals surface area (Å²) < 4.78 is 0. The Balaban J connectivity index is 1.60. The molecule has 1 aliphatic rings. The number of aromatic nitrogens is 2. The van der Waals surface area contributed by atoms with Gasteiger partial charge in [-0.3, -0.25) is 0 Å². The Morgan fingerprint density at radius 3 is 2.87 bits per heavy atom. The Hall–Kier alpha value is -2.10. The van der Waals surface area contributed by atoms with Crippen LogP contribution in [0, 0.1) is 0 Å². The highest BCUT2D eigenvalue weighted by Gasteiger charge is 2.22. The van der Waals surface area contributed by atoms with Gasteiger partial charge in [0.05, 0.1) is 0 Å². The Morgan fingerprint density at radius 2 is 2.04 bits per heavy atom. The van der Waals surface area contributed by atoms with Crippen molar-refractivity contribution in [2.45, 2.75) is 45.1 Å². The number of piperidine rings is 1. The van der Waals surface area contributed by atoms with Crippen LogP contribution in [0.2, 0.25) is 0 Å². The molecule has 0 saturated carbocycles. The van der Waals surface area contributed by atoms with Crippen molar-refractivity contribution < 1.29 is 0 Å². The van der Waals surface area contributed by atoms with Crippen molar-refractivity contribution >= 4 is 11.8 Å². The minimum Gasteiger partial charge on any atom is -0.354 e. The van der Waals surface area contributed by atoms with Crippen molar-refractivity contribution in [3.05, 3.63) is 48.2 Å². The first-order valence-corrected chi connectivity index (χ1v) is 8.74. The molecule has 4 nitrogen and oxygen atoms in total. The van der Waals surface area contributed by atoms with Crippen molar-refractivity contribution in [2.24, 2.45) is 0 Å². The highest BCUT2D eigenvalue weighted by molar-refractivity contribution is 5.44. The summed E-state index contributed by atoms with van der Waals surface area (Å²) in [4.78, 5) is 11.5. The Labute approximate surface area is 139 Å². The molecule has 1 saturated heterocycles. The summed E-state index contributed by atoms with van der Waals surface area (Å²) in [6.07, 6.45) is 7.90. The van der Waals surface area contributed by atoms with Crippen LogP contribution in [0.15, 0.2) is 42.6 Å². The molecular weight excluding hydrogens is 284 g/mol. The molecule has 122 valence electrons. The lowest BCUT2D eigenvalue weighted by atomic mass is 10.0. The van der Waals surface area contributed by atoms with Gasteiger partial charge in [-0.15, -0.1) is 0 Å². The van der Waals surface area contributed by atoms with Crippen molar-refractivity contribution in [1.29, 1.82) is 0 Å². The summed E-state index contributed by atoms with van der Waals surface area (Å²) in [5.41, 5.74) is 1.33. The van der Waals surface area contributed by atoms with E-state index in [1.165, 1.54) is 31.2 Å². The molecule has 1 aromatic carbocycles. The molecule has 1 N–H and O–H groups in total. The molecule has 1 aromatic heterocycles. The molecule has 1 unspecified atom stereocenters. The fraction of sp³-hybridized carbons (Fsp3) is 0.474. The monoisotopic (exact) mass is 310 g/mol. The molecule has 0 spiro atoms. The van der Waals surface area contributed by atoms with Crippen molar-refractivity contribution in [1.82, 2.24) is 9.97 Å². The predicted molar refractivity (Wildman–Crippen MR) is 95.9 cm³/mol. The molecule has 0 bridgehead atoms. The summed E-state index contributed by atoms with van der Waals surface area (Å²) in [5.74, 6) is 1.80. The van der Waals surface area contributed by atoms with Gasteiger partial charge in [-0.2, -0.15) is 4.98 Å². The van der Waals surface area contributed by atoms with E-state index in [-0.39, 0.29) is 0 Å². The van der Waals surface area contributed by atoms with Crippen LogP contribution in [-0.2, 0) is 6.42 Å². The van der Waals surface area contributed by atoms with E-state index in [0.29, 0.717) is 6.04 Å².